The van der Waals surface area contributed by atoms with Crippen molar-refractivity contribution in [2.24, 2.45) is 0 Å². The molecule has 0 fully saturated rings. The van der Waals surface area contributed by atoms with Gasteiger partial charge in [-0.1, -0.05) is 5.16 Å². The fraction of sp³-hybridized carbons (Fsp3) is 0.292. The zero-order valence-corrected chi connectivity index (χ0v) is 18.8. The molecule has 11 heteroatoms. The molecule has 2 aliphatic rings. The maximum absolute atomic E-state index is 12.7. The summed E-state index contributed by atoms with van der Waals surface area (Å²) in [6.45, 7) is 2.93. The van der Waals surface area contributed by atoms with E-state index < -0.39 is 0 Å². The van der Waals surface area contributed by atoms with E-state index in [1.807, 2.05) is 18.2 Å². The van der Waals surface area contributed by atoms with Crippen LogP contribution in [-0.2, 0) is 19.6 Å². The van der Waals surface area contributed by atoms with Crippen LogP contribution in [-0.4, -0.2) is 44.0 Å². The minimum atomic E-state index is -0.355. The molecule has 6 rings (SSSR count). The second kappa shape index (κ2) is 8.75. The van der Waals surface area contributed by atoms with Gasteiger partial charge in [-0.25, -0.2) is 9.78 Å². The fourth-order valence-corrected chi connectivity index (χ4v) is 4.11. The van der Waals surface area contributed by atoms with E-state index in [0.29, 0.717) is 48.7 Å². The summed E-state index contributed by atoms with van der Waals surface area (Å²) in [5.74, 6) is 2.93. The van der Waals surface area contributed by atoms with Crippen molar-refractivity contribution in [3.8, 4) is 34.5 Å². The first-order valence-corrected chi connectivity index (χ1v) is 11.2. The Labute approximate surface area is 199 Å². The van der Waals surface area contributed by atoms with E-state index in [-0.39, 0.29) is 30.9 Å². The lowest BCUT2D eigenvalue weighted by molar-refractivity contribution is 0.0486. The van der Waals surface area contributed by atoms with Crippen molar-refractivity contribution in [2.75, 3.05) is 13.2 Å². The van der Waals surface area contributed by atoms with Gasteiger partial charge in [0.25, 0.3) is 5.88 Å². The minimum absolute atomic E-state index is 0.180. The molecule has 0 spiro atoms. The molecule has 178 valence electrons. The number of hydrogen-bond acceptors (Lipinski definition) is 10. The van der Waals surface area contributed by atoms with Crippen LogP contribution in [0.25, 0.3) is 11.3 Å². The number of hydrogen-bond donors (Lipinski definition) is 0. The van der Waals surface area contributed by atoms with Crippen molar-refractivity contribution in [1.29, 1.82) is 0 Å². The van der Waals surface area contributed by atoms with Crippen LogP contribution >= 0.6 is 0 Å². The molecule has 5 heterocycles. The summed E-state index contributed by atoms with van der Waals surface area (Å²) in [6.07, 6.45) is 1.98. The highest BCUT2D eigenvalue weighted by Gasteiger charge is 2.24. The molecule has 0 radical (unpaired) electrons. The van der Waals surface area contributed by atoms with E-state index in [4.69, 9.17) is 23.5 Å². The number of pyridine rings is 1. The summed E-state index contributed by atoms with van der Waals surface area (Å²) in [4.78, 5) is 25.1. The second-order valence-corrected chi connectivity index (χ2v) is 8.17. The summed E-state index contributed by atoms with van der Waals surface area (Å²) in [5.41, 5.74) is 2.39. The Morgan fingerprint density at radius 2 is 2.11 bits per heavy atom. The molecule has 1 aromatic carbocycles. The Bertz CT molecular complexity index is 1450. The van der Waals surface area contributed by atoms with Crippen LogP contribution in [0.3, 0.4) is 0 Å². The highest BCUT2D eigenvalue weighted by Crippen LogP contribution is 2.33. The summed E-state index contributed by atoms with van der Waals surface area (Å²) in [5, 5.41) is 3.84. The van der Waals surface area contributed by atoms with Gasteiger partial charge in [0.05, 0.1) is 5.69 Å². The van der Waals surface area contributed by atoms with Gasteiger partial charge in [-0.2, -0.15) is 9.97 Å². The van der Waals surface area contributed by atoms with Crippen LogP contribution in [0.2, 0.25) is 0 Å². The molecule has 0 amide bonds. The van der Waals surface area contributed by atoms with E-state index in [0.717, 1.165) is 16.8 Å². The van der Waals surface area contributed by atoms with Gasteiger partial charge in [0, 0.05) is 31.3 Å². The highest BCUT2D eigenvalue weighted by molar-refractivity contribution is 5.67. The molecule has 0 saturated carbocycles. The molecule has 3 aromatic heterocycles. The van der Waals surface area contributed by atoms with Crippen LogP contribution in [0.4, 0.5) is 0 Å². The molecule has 2 aliphatic heterocycles. The van der Waals surface area contributed by atoms with Gasteiger partial charge in [-0.15, -0.1) is 0 Å². The number of ether oxygens (including phenoxy) is 4. The normalized spacial score (nSPS) is 15.7. The SMILES string of the molecule is Cc1nc(COc2ccc3c(c2)CCn2c-3cc(OCC3COc4ncccc4O3)nc2=O)no1. The largest absolute Gasteiger partial charge is 0.485 e. The molecule has 1 unspecified atom stereocenters. The Morgan fingerprint density at radius 1 is 1.17 bits per heavy atom. The molecule has 11 nitrogen and oxygen atoms in total. The quantitative estimate of drug-likeness (QED) is 0.410. The maximum atomic E-state index is 12.7. The number of rotatable bonds is 6. The first kappa shape index (κ1) is 21.1. The standard InChI is InChI=1S/C24H21N5O6/c1-14-26-21(28-35-14)13-31-16-4-5-18-15(9-16)6-8-29-19(18)10-22(27-24(29)30)32-11-17-12-33-23-20(34-17)3-2-7-25-23/h2-5,7,9-10,17H,6,8,11-13H2,1H3. The van der Waals surface area contributed by atoms with Gasteiger partial charge in [-0.3, -0.25) is 4.57 Å². The summed E-state index contributed by atoms with van der Waals surface area (Å²) >= 11 is 0. The van der Waals surface area contributed by atoms with E-state index in [1.54, 1.807) is 35.9 Å². The molecule has 0 N–H and O–H groups in total. The smallest absolute Gasteiger partial charge is 0.351 e. The topological polar surface area (TPSA) is 124 Å². The van der Waals surface area contributed by atoms with Gasteiger partial charge < -0.3 is 23.5 Å². The van der Waals surface area contributed by atoms with Gasteiger partial charge in [-0.05, 0) is 42.3 Å². The third-order valence-electron chi connectivity index (χ3n) is 5.74. The Morgan fingerprint density at radius 3 is 3.00 bits per heavy atom. The molecule has 35 heavy (non-hydrogen) atoms. The van der Waals surface area contributed by atoms with Crippen LogP contribution in [0.15, 0.2) is 51.9 Å². The molecule has 4 aromatic rings. The van der Waals surface area contributed by atoms with Crippen LogP contribution in [0.5, 0.6) is 23.3 Å². The Kier molecular flexibility index (Phi) is 5.28. The number of aryl methyl sites for hydroxylation is 2. The molecule has 1 atom stereocenters. The number of aromatic nitrogens is 5. The predicted octanol–water partition coefficient (Wildman–Crippen LogP) is 2.35. The molecule has 0 aliphatic carbocycles. The van der Waals surface area contributed by atoms with Crippen LogP contribution in [0, 0.1) is 6.92 Å². The van der Waals surface area contributed by atoms with Gasteiger partial charge in [0.2, 0.25) is 17.6 Å². The lowest BCUT2D eigenvalue weighted by atomic mass is 9.97. The van der Waals surface area contributed by atoms with Crippen molar-refractivity contribution >= 4 is 0 Å². The lowest BCUT2D eigenvalue weighted by Gasteiger charge is -2.25. The molecular weight excluding hydrogens is 454 g/mol. The molecular formula is C24H21N5O6. The van der Waals surface area contributed by atoms with Crippen LogP contribution in [0.1, 0.15) is 17.3 Å². The van der Waals surface area contributed by atoms with E-state index >= 15 is 0 Å². The van der Waals surface area contributed by atoms with Crippen molar-refractivity contribution in [2.45, 2.75) is 32.6 Å². The summed E-state index contributed by atoms with van der Waals surface area (Å²) in [6, 6.07) is 11.1. The fourth-order valence-electron chi connectivity index (χ4n) is 4.11. The second-order valence-electron chi connectivity index (χ2n) is 8.17. The van der Waals surface area contributed by atoms with Crippen molar-refractivity contribution in [1.82, 2.24) is 24.7 Å². The van der Waals surface area contributed by atoms with Crippen molar-refractivity contribution in [3.63, 3.8) is 0 Å². The minimum Gasteiger partial charge on any atom is -0.485 e. The first-order valence-electron chi connectivity index (χ1n) is 11.2. The summed E-state index contributed by atoms with van der Waals surface area (Å²) < 4.78 is 29.8. The van der Waals surface area contributed by atoms with Gasteiger partial charge in [0.1, 0.15) is 19.0 Å². The number of fused-ring (bicyclic) bond motifs is 4. The van der Waals surface area contributed by atoms with E-state index in [1.165, 1.54) is 0 Å². The number of nitrogens with zero attached hydrogens (tertiary/aromatic N) is 5. The lowest BCUT2D eigenvalue weighted by Crippen LogP contribution is -2.35. The Hall–Kier alpha value is -4.41. The van der Waals surface area contributed by atoms with E-state index in [9.17, 15) is 4.79 Å². The third kappa shape index (κ3) is 4.27. The average Bonchev–Trinajstić information content (AvgIpc) is 3.30. The van der Waals surface area contributed by atoms with E-state index in [2.05, 4.69) is 20.1 Å². The van der Waals surface area contributed by atoms with Gasteiger partial charge >= 0.3 is 5.69 Å². The predicted molar refractivity (Wildman–Crippen MR) is 121 cm³/mol. The maximum Gasteiger partial charge on any atom is 0.351 e. The number of benzene rings is 1. The molecule has 0 bridgehead atoms. The third-order valence-corrected chi connectivity index (χ3v) is 5.74. The first-order chi connectivity index (χ1) is 17.1. The monoisotopic (exact) mass is 475 g/mol. The van der Waals surface area contributed by atoms with Crippen molar-refractivity contribution < 1.29 is 23.5 Å². The van der Waals surface area contributed by atoms with Crippen molar-refractivity contribution in [3.05, 3.63) is 70.4 Å². The Balaban J connectivity index is 1.18. The zero-order chi connectivity index (χ0) is 23.8. The van der Waals surface area contributed by atoms with Gasteiger partial charge in [0.15, 0.2) is 18.5 Å². The summed E-state index contributed by atoms with van der Waals surface area (Å²) in [7, 11) is 0. The highest BCUT2D eigenvalue weighted by atomic mass is 16.6. The average molecular weight is 475 g/mol. The molecule has 0 saturated heterocycles. The van der Waals surface area contributed by atoms with Crippen LogP contribution < -0.4 is 24.6 Å². The zero-order valence-electron chi connectivity index (χ0n) is 18.8.